The number of aliphatic hydroxyl groups is 1. The fourth-order valence-electron chi connectivity index (χ4n) is 2.52. The number of phenols is 1. The molecule has 8 heteroatoms. The van der Waals surface area contributed by atoms with Crippen LogP contribution in [0.3, 0.4) is 0 Å². The van der Waals surface area contributed by atoms with Gasteiger partial charge in [-0.3, -0.25) is 4.79 Å². The number of benzene rings is 1. The second-order valence-electron chi connectivity index (χ2n) is 5.85. The van der Waals surface area contributed by atoms with Crippen LogP contribution in [-0.4, -0.2) is 38.7 Å². The molecule has 0 radical (unpaired) electrons. The van der Waals surface area contributed by atoms with Gasteiger partial charge in [-0.25, -0.2) is 0 Å². The van der Waals surface area contributed by atoms with E-state index in [9.17, 15) is 28.2 Å². The summed E-state index contributed by atoms with van der Waals surface area (Å²) in [5, 5.41) is 23.8. The zero-order chi connectivity index (χ0) is 18.1. The van der Waals surface area contributed by atoms with E-state index in [1.54, 1.807) is 0 Å². The number of unbranched alkanes of at least 4 members (excludes halogenated alkanes) is 1. The third-order valence-corrected chi connectivity index (χ3v) is 3.98. The number of para-hydroxylation sites is 1. The Bertz CT molecular complexity index is 673. The maximum absolute atomic E-state index is 13.4. The summed E-state index contributed by atoms with van der Waals surface area (Å²) >= 11 is 0. The van der Waals surface area contributed by atoms with Crippen molar-refractivity contribution < 1.29 is 28.2 Å². The van der Waals surface area contributed by atoms with Gasteiger partial charge in [-0.05, 0) is 31.4 Å². The Morgan fingerprint density at radius 3 is 2.67 bits per heavy atom. The molecule has 2 N–H and O–H groups in total. The number of aryl methyl sites for hydroxylation is 1. The summed E-state index contributed by atoms with van der Waals surface area (Å²) in [4.78, 5) is 12.5. The number of hydrogen-bond acceptors (Lipinski definition) is 4. The zero-order valence-corrected chi connectivity index (χ0v) is 13.4. The molecule has 0 saturated heterocycles. The van der Waals surface area contributed by atoms with Gasteiger partial charge in [0.25, 0.3) is 11.6 Å². The van der Waals surface area contributed by atoms with Crippen molar-refractivity contribution in [2.24, 2.45) is 5.10 Å². The first-order valence-corrected chi connectivity index (χ1v) is 7.60. The first-order chi connectivity index (χ1) is 11.1. The van der Waals surface area contributed by atoms with Crippen LogP contribution in [0.15, 0.2) is 23.3 Å². The third kappa shape index (κ3) is 3.10. The van der Waals surface area contributed by atoms with Gasteiger partial charge >= 0.3 is 6.18 Å². The molecule has 5 nitrogen and oxygen atoms in total. The van der Waals surface area contributed by atoms with E-state index in [1.807, 2.05) is 6.92 Å². The van der Waals surface area contributed by atoms with E-state index in [4.69, 9.17) is 0 Å². The van der Waals surface area contributed by atoms with Gasteiger partial charge in [-0.15, -0.1) is 0 Å². The summed E-state index contributed by atoms with van der Waals surface area (Å²) in [6.07, 6.45) is -4.24. The van der Waals surface area contributed by atoms with Crippen LogP contribution in [0.1, 0.15) is 48.5 Å². The number of rotatable bonds is 4. The Labute approximate surface area is 137 Å². The number of aromatic hydroxyl groups is 1. The Morgan fingerprint density at radius 2 is 2.08 bits per heavy atom. The Morgan fingerprint density at radius 1 is 1.42 bits per heavy atom. The largest absolute Gasteiger partial charge is 0.507 e. The molecule has 2 rings (SSSR count). The number of carbonyl (C=O) groups excluding carboxylic acids is 1. The highest BCUT2D eigenvalue weighted by Crippen LogP contribution is 2.42. The molecule has 24 heavy (non-hydrogen) atoms. The molecule has 1 atom stereocenters. The van der Waals surface area contributed by atoms with Crippen LogP contribution in [-0.2, 0) is 0 Å². The van der Waals surface area contributed by atoms with Gasteiger partial charge in [0.1, 0.15) is 5.75 Å². The lowest BCUT2D eigenvalue weighted by Gasteiger charge is -2.32. The van der Waals surface area contributed by atoms with Crippen molar-refractivity contribution >= 4 is 11.6 Å². The SMILES string of the molecule is CCCCC1=NN(C(=O)c2cccc(C)c2O)[C@@](O)(C(F)(F)F)C1. The molecule has 0 bridgehead atoms. The number of nitrogens with zero attached hydrogens (tertiary/aromatic N) is 2. The van der Waals surface area contributed by atoms with E-state index in [0.29, 0.717) is 12.0 Å². The van der Waals surface area contributed by atoms with Crippen molar-refractivity contribution in [2.45, 2.75) is 51.4 Å². The molecule has 1 aliphatic rings. The van der Waals surface area contributed by atoms with Gasteiger partial charge in [0.15, 0.2) is 0 Å². The molecule has 1 heterocycles. The lowest BCUT2D eigenvalue weighted by atomic mass is 10.0. The number of amides is 1. The summed E-state index contributed by atoms with van der Waals surface area (Å²) in [5.74, 6) is -1.62. The highest BCUT2D eigenvalue weighted by atomic mass is 19.4. The standard InChI is InChI=1S/C16H19F3N2O3/c1-3-4-7-11-9-15(24,16(17,18)19)21(20-11)14(23)12-8-5-6-10(2)13(12)22/h5-6,8,22,24H,3-4,7,9H2,1-2H3/t15-/m0/s1. The van der Waals surface area contributed by atoms with Crippen molar-refractivity contribution in [2.75, 3.05) is 0 Å². The summed E-state index contributed by atoms with van der Waals surface area (Å²) < 4.78 is 40.1. The number of alkyl halides is 3. The van der Waals surface area contributed by atoms with E-state index in [0.717, 1.165) is 6.42 Å². The predicted molar refractivity (Wildman–Crippen MR) is 81.6 cm³/mol. The lowest BCUT2D eigenvalue weighted by molar-refractivity contribution is -0.297. The molecule has 1 amide bonds. The van der Waals surface area contributed by atoms with Gasteiger partial charge in [-0.2, -0.15) is 23.3 Å². The first kappa shape index (κ1) is 18.3. The van der Waals surface area contributed by atoms with Crippen molar-refractivity contribution in [3.8, 4) is 5.75 Å². The summed E-state index contributed by atoms with van der Waals surface area (Å²) in [6.45, 7) is 3.39. The molecule has 0 unspecified atom stereocenters. The van der Waals surface area contributed by atoms with E-state index in [2.05, 4.69) is 5.10 Å². The number of hydrogen-bond donors (Lipinski definition) is 2. The van der Waals surface area contributed by atoms with Crippen LogP contribution in [0.4, 0.5) is 13.2 Å². The van der Waals surface area contributed by atoms with Crippen LogP contribution in [0, 0.1) is 6.92 Å². The van der Waals surface area contributed by atoms with Gasteiger partial charge in [-0.1, -0.05) is 25.5 Å². The van der Waals surface area contributed by atoms with Gasteiger partial charge in [0, 0.05) is 12.1 Å². The normalized spacial score (nSPS) is 21.1. The molecule has 0 fully saturated rings. The highest BCUT2D eigenvalue weighted by molar-refractivity contribution is 6.00. The molecule has 132 valence electrons. The fraction of sp³-hybridized carbons (Fsp3) is 0.500. The van der Waals surface area contributed by atoms with E-state index in [1.165, 1.54) is 25.1 Å². The Balaban J connectivity index is 2.44. The minimum atomic E-state index is -5.07. The molecule has 1 aliphatic heterocycles. The number of carbonyl (C=O) groups is 1. The monoisotopic (exact) mass is 344 g/mol. The summed E-state index contributed by atoms with van der Waals surface area (Å²) in [6, 6.07) is 4.15. The van der Waals surface area contributed by atoms with Crippen LogP contribution in [0.25, 0.3) is 0 Å². The summed E-state index contributed by atoms with van der Waals surface area (Å²) in [7, 11) is 0. The lowest BCUT2D eigenvalue weighted by Crippen LogP contribution is -2.56. The second kappa shape index (κ2) is 6.43. The number of hydrazone groups is 1. The maximum Gasteiger partial charge on any atom is 0.438 e. The van der Waals surface area contributed by atoms with E-state index in [-0.39, 0.29) is 22.7 Å². The average molecular weight is 344 g/mol. The molecule has 0 saturated carbocycles. The molecule has 0 aliphatic carbocycles. The quantitative estimate of drug-likeness (QED) is 0.880. The molecule has 0 aromatic heterocycles. The zero-order valence-electron chi connectivity index (χ0n) is 13.4. The molecular formula is C16H19F3N2O3. The van der Waals surface area contributed by atoms with Crippen LogP contribution < -0.4 is 0 Å². The minimum absolute atomic E-state index is 0.0481. The van der Waals surface area contributed by atoms with Crippen molar-refractivity contribution in [3.05, 3.63) is 29.3 Å². The molecule has 0 spiro atoms. The smallest absolute Gasteiger partial charge is 0.438 e. The first-order valence-electron chi connectivity index (χ1n) is 7.60. The second-order valence-corrected chi connectivity index (χ2v) is 5.85. The molecule has 1 aromatic rings. The summed E-state index contributed by atoms with van der Waals surface area (Å²) in [5.41, 5.74) is -3.29. The van der Waals surface area contributed by atoms with E-state index < -0.39 is 30.0 Å². The van der Waals surface area contributed by atoms with Crippen LogP contribution in [0.2, 0.25) is 0 Å². The van der Waals surface area contributed by atoms with Gasteiger partial charge in [0.05, 0.1) is 5.56 Å². The van der Waals surface area contributed by atoms with Crippen molar-refractivity contribution in [1.29, 1.82) is 0 Å². The van der Waals surface area contributed by atoms with E-state index >= 15 is 0 Å². The molecule has 1 aromatic carbocycles. The Kier molecular flexibility index (Phi) is 4.89. The van der Waals surface area contributed by atoms with Gasteiger partial charge in [0.2, 0.25) is 0 Å². The maximum atomic E-state index is 13.4. The number of halogens is 3. The van der Waals surface area contributed by atoms with Crippen molar-refractivity contribution in [3.63, 3.8) is 0 Å². The topological polar surface area (TPSA) is 73.1 Å². The minimum Gasteiger partial charge on any atom is -0.507 e. The predicted octanol–water partition coefficient (Wildman–Crippen LogP) is 3.34. The van der Waals surface area contributed by atoms with Crippen LogP contribution >= 0.6 is 0 Å². The van der Waals surface area contributed by atoms with Gasteiger partial charge < -0.3 is 10.2 Å². The number of phenolic OH excluding ortho intramolecular Hbond substituents is 1. The van der Waals surface area contributed by atoms with Crippen LogP contribution in [0.5, 0.6) is 5.75 Å². The average Bonchev–Trinajstić information content (AvgIpc) is 2.85. The van der Waals surface area contributed by atoms with Crippen molar-refractivity contribution in [1.82, 2.24) is 5.01 Å². The highest BCUT2D eigenvalue weighted by Gasteiger charge is 2.63. The Hall–Kier alpha value is -2.09. The molecular weight excluding hydrogens is 325 g/mol. The fourth-order valence-corrected chi connectivity index (χ4v) is 2.52. The third-order valence-electron chi connectivity index (χ3n) is 3.98.